The molecule has 8 heteroatoms. The third-order valence-electron chi connectivity index (χ3n) is 4.49. The predicted molar refractivity (Wildman–Crippen MR) is 88.5 cm³/mol. The van der Waals surface area contributed by atoms with Crippen LogP contribution in [0.5, 0.6) is 0 Å². The van der Waals surface area contributed by atoms with E-state index < -0.39 is 11.7 Å². The van der Waals surface area contributed by atoms with Crippen molar-refractivity contribution in [2.75, 3.05) is 37.6 Å². The highest BCUT2D eigenvalue weighted by Crippen LogP contribution is 2.31. The standard InChI is InChI=1S/C16H20F3N3O.ClH/c17-16(18,19)12-3-1-4-13(11-12)21-7-9-22(10-8-21)15(23)14-5-2-6-20-14;/h1,3-4,11,14,20H,2,5-10H2;1H. The highest BCUT2D eigenvalue weighted by atomic mass is 35.5. The largest absolute Gasteiger partial charge is 0.416 e. The predicted octanol–water partition coefficient (Wildman–Crippen LogP) is 2.53. The highest BCUT2D eigenvalue weighted by Gasteiger charge is 2.32. The van der Waals surface area contributed by atoms with Crippen LogP contribution in [0, 0.1) is 0 Å². The van der Waals surface area contributed by atoms with Crippen LogP contribution in [0.1, 0.15) is 18.4 Å². The average Bonchev–Trinajstić information content (AvgIpc) is 3.08. The molecule has 2 aliphatic rings. The fourth-order valence-corrected chi connectivity index (χ4v) is 3.18. The number of amides is 1. The van der Waals surface area contributed by atoms with Crippen molar-refractivity contribution in [2.24, 2.45) is 0 Å². The zero-order valence-corrected chi connectivity index (χ0v) is 14.0. The molecule has 2 heterocycles. The van der Waals surface area contributed by atoms with Gasteiger partial charge in [-0.3, -0.25) is 4.79 Å². The van der Waals surface area contributed by atoms with Crippen LogP contribution in [0.4, 0.5) is 18.9 Å². The zero-order valence-electron chi connectivity index (χ0n) is 13.2. The quantitative estimate of drug-likeness (QED) is 0.877. The van der Waals surface area contributed by atoms with E-state index in [4.69, 9.17) is 0 Å². The van der Waals surface area contributed by atoms with Crippen LogP contribution < -0.4 is 10.2 Å². The number of hydrogen-bond acceptors (Lipinski definition) is 3. The SMILES string of the molecule is Cl.O=C(C1CCCN1)N1CCN(c2cccc(C(F)(F)F)c2)CC1. The molecule has 1 amide bonds. The summed E-state index contributed by atoms with van der Waals surface area (Å²) in [5, 5.41) is 3.19. The van der Waals surface area contributed by atoms with Crippen molar-refractivity contribution in [2.45, 2.75) is 25.1 Å². The topological polar surface area (TPSA) is 35.6 Å². The second-order valence-electron chi connectivity index (χ2n) is 6.01. The molecule has 1 N–H and O–H groups in total. The number of carbonyl (C=O) groups excluding carboxylic acids is 1. The van der Waals surface area contributed by atoms with Crippen LogP contribution in [0.2, 0.25) is 0 Å². The van der Waals surface area contributed by atoms with Gasteiger partial charge in [-0.05, 0) is 37.6 Å². The summed E-state index contributed by atoms with van der Waals surface area (Å²) in [5.74, 6) is 0.117. The maximum atomic E-state index is 12.8. The van der Waals surface area contributed by atoms with Gasteiger partial charge in [0.1, 0.15) is 0 Å². The molecule has 4 nitrogen and oxygen atoms in total. The summed E-state index contributed by atoms with van der Waals surface area (Å²) in [6, 6.07) is 5.28. The Morgan fingerprint density at radius 1 is 1.17 bits per heavy atom. The second-order valence-corrected chi connectivity index (χ2v) is 6.01. The lowest BCUT2D eigenvalue weighted by Crippen LogP contribution is -2.53. The van der Waals surface area contributed by atoms with Crippen molar-refractivity contribution >= 4 is 24.0 Å². The molecule has 24 heavy (non-hydrogen) atoms. The maximum Gasteiger partial charge on any atom is 0.416 e. The molecule has 0 saturated carbocycles. The summed E-state index contributed by atoms with van der Waals surface area (Å²) in [7, 11) is 0. The van der Waals surface area contributed by atoms with Crippen LogP contribution in [-0.2, 0) is 11.0 Å². The molecule has 0 aliphatic carbocycles. The summed E-state index contributed by atoms with van der Waals surface area (Å²) in [6.45, 7) is 3.08. The molecule has 3 rings (SSSR count). The van der Waals surface area contributed by atoms with E-state index in [0.717, 1.165) is 25.5 Å². The van der Waals surface area contributed by atoms with Gasteiger partial charge in [0, 0.05) is 31.9 Å². The molecule has 0 spiro atoms. The monoisotopic (exact) mass is 363 g/mol. The molecule has 2 aliphatic heterocycles. The highest BCUT2D eigenvalue weighted by molar-refractivity contribution is 5.85. The number of carbonyl (C=O) groups is 1. The minimum absolute atomic E-state index is 0. The molecule has 1 unspecified atom stereocenters. The number of alkyl halides is 3. The van der Waals surface area contributed by atoms with E-state index in [-0.39, 0.29) is 24.4 Å². The van der Waals surface area contributed by atoms with Gasteiger partial charge >= 0.3 is 6.18 Å². The summed E-state index contributed by atoms with van der Waals surface area (Å²) in [6.07, 6.45) is -2.45. The molecule has 1 aromatic carbocycles. The number of piperazine rings is 1. The maximum absolute atomic E-state index is 12.8. The Morgan fingerprint density at radius 2 is 1.88 bits per heavy atom. The van der Waals surface area contributed by atoms with Crippen LogP contribution >= 0.6 is 12.4 Å². The second kappa shape index (κ2) is 7.61. The summed E-state index contributed by atoms with van der Waals surface area (Å²) < 4.78 is 38.4. The Labute approximate surface area is 145 Å². The zero-order chi connectivity index (χ0) is 16.4. The molecule has 0 radical (unpaired) electrons. The van der Waals surface area contributed by atoms with Crippen molar-refractivity contribution in [1.82, 2.24) is 10.2 Å². The van der Waals surface area contributed by atoms with E-state index in [1.54, 1.807) is 6.07 Å². The van der Waals surface area contributed by atoms with Crippen LogP contribution in [0.15, 0.2) is 24.3 Å². The van der Waals surface area contributed by atoms with Gasteiger partial charge in [0.25, 0.3) is 0 Å². The number of hydrogen-bond donors (Lipinski definition) is 1. The van der Waals surface area contributed by atoms with E-state index in [1.807, 2.05) is 9.80 Å². The minimum Gasteiger partial charge on any atom is -0.368 e. The van der Waals surface area contributed by atoms with E-state index in [0.29, 0.717) is 31.9 Å². The fourth-order valence-electron chi connectivity index (χ4n) is 3.18. The summed E-state index contributed by atoms with van der Waals surface area (Å²) in [5.41, 5.74) is -0.0745. The number of nitrogens with one attached hydrogen (secondary N) is 1. The first-order valence-corrected chi connectivity index (χ1v) is 7.89. The number of benzene rings is 1. The third-order valence-corrected chi connectivity index (χ3v) is 4.49. The van der Waals surface area contributed by atoms with Crippen LogP contribution in [-0.4, -0.2) is 49.6 Å². The minimum atomic E-state index is -4.33. The van der Waals surface area contributed by atoms with E-state index in [2.05, 4.69) is 5.32 Å². The van der Waals surface area contributed by atoms with Gasteiger partial charge in [0.05, 0.1) is 11.6 Å². The molecule has 2 fully saturated rings. The van der Waals surface area contributed by atoms with Gasteiger partial charge in [0.2, 0.25) is 5.91 Å². The first-order chi connectivity index (χ1) is 10.9. The molecular formula is C16H21ClF3N3O. The van der Waals surface area contributed by atoms with Gasteiger partial charge in [-0.15, -0.1) is 12.4 Å². The van der Waals surface area contributed by atoms with Crippen LogP contribution in [0.25, 0.3) is 0 Å². The lowest BCUT2D eigenvalue weighted by atomic mass is 10.1. The number of halogens is 4. The van der Waals surface area contributed by atoms with Crippen LogP contribution in [0.3, 0.4) is 0 Å². The van der Waals surface area contributed by atoms with Crippen molar-refractivity contribution in [1.29, 1.82) is 0 Å². The average molecular weight is 364 g/mol. The summed E-state index contributed by atoms with van der Waals surface area (Å²) >= 11 is 0. The van der Waals surface area contributed by atoms with Gasteiger partial charge in [-0.1, -0.05) is 6.07 Å². The number of anilines is 1. The third kappa shape index (κ3) is 4.13. The van der Waals surface area contributed by atoms with E-state index >= 15 is 0 Å². The Hall–Kier alpha value is -1.47. The van der Waals surface area contributed by atoms with Crippen molar-refractivity contribution in [3.05, 3.63) is 29.8 Å². The Balaban J connectivity index is 0.00000208. The molecule has 1 atom stereocenters. The molecular weight excluding hydrogens is 343 g/mol. The Morgan fingerprint density at radius 3 is 2.46 bits per heavy atom. The fraction of sp³-hybridized carbons (Fsp3) is 0.562. The summed E-state index contributed by atoms with van der Waals surface area (Å²) in [4.78, 5) is 16.0. The first kappa shape index (κ1) is 18.9. The van der Waals surface area contributed by atoms with Crippen molar-refractivity contribution in [3.8, 4) is 0 Å². The Kier molecular flexibility index (Phi) is 5.98. The Bertz CT molecular complexity index is 568. The van der Waals surface area contributed by atoms with Gasteiger partial charge in [0.15, 0.2) is 0 Å². The van der Waals surface area contributed by atoms with E-state index in [9.17, 15) is 18.0 Å². The van der Waals surface area contributed by atoms with Gasteiger partial charge in [-0.2, -0.15) is 13.2 Å². The van der Waals surface area contributed by atoms with Gasteiger partial charge in [-0.25, -0.2) is 0 Å². The number of rotatable bonds is 2. The molecule has 1 aromatic rings. The lowest BCUT2D eigenvalue weighted by molar-refractivity contribution is -0.137. The molecule has 2 saturated heterocycles. The van der Waals surface area contributed by atoms with Crippen molar-refractivity contribution in [3.63, 3.8) is 0 Å². The smallest absolute Gasteiger partial charge is 0.368 e. The van der Waals surface area contributed by atoms with E-state index in [1.165, 1.54) is 12.1 Å². The lowest BCUT2D eigenvalue weighted by Gasteiger charge is -2.37. The van der Waals surface area contributed by atoms with Crippen molar-refractivity contribution < 1.29 is 18.0 Å². The molecule has 0 aromatic heterocycles. The molecule has 134 valence electrons. The molecule has 0 bridgehead atoms. The van der Waals surface area contributed by atoms with Gasteiger partial charge < -0.3 is 15.1 Å². The normalized spacial score (nSPS) is 21.5. The number of nitrogens with zero attached hydrogens (tertiary/aromatic N) is 2. The first-order valence-electron chi connectivity index (χ1n) is 7.89.